The number of carbonyl (C=O) groups excluding carboxylic acids is 1. The van der Waals surface area contributed by atoms with E-state index in [1.54, 1.807) is 11.8 Å². The molecule has 2 aliphatic rings. The molecule has 3 N–H and O–H groups in total. The van der Waals surface area contributed by atoms with Gasteiger partial charge in [0.25, 0.3) is 0 Å². The number of thioether (sulfide) groups is 1. The fourth-order valence-electron chi connectivity index (χ4n) is 4.07. The first-order chi connectivity index (χ1) is 14.0. The van der Waals surface area contributed by atoms with Crippen LogP contribution in [0.3, 0.4) is 0 Å². The molecular formula is C23H22N2O3S. The van der Waals surface area contributed by atoms with Gasteiger partial charge >= 0.3 is 5.97 Å². The monoisotopic (exact) mass is 406 g/mol. The molecule has 0 saturated carbocycles. The number of nitrogens with zero attached hydrogens (tertiary/aromatic N) is 1. The molecule has 0 radical (unpaired) electrons. The summed E-state index contributed by atoms with van der Waals surface area (Å²) in [4.78, 5) is 25.9. The first-order valence-corrected chi connectivity index (χ1v) is 10.4. The molecule has 29 heavy (non-hydrogen) atoms. The van der Waals surface area contributed by atoms with Crippen molar-refractivity contribution in [3.05, 3.63) is 95.2 Å². The highest BCUT2D eigenvalue weighted by molar-refractivity contribution is 8.01. The third-order valence-corrected chi connectivity index (χ3v) is 6.96. The molecule has 5 nitrogen and oxygen atoms in total. The summed E-state index contributed by atoms with van der Waals surface area (Å²) < 4.78 is 0. The number of rotatable bonds is 5. The third-order valence-electron chi connectivity index (χ3n) is 5.36. The van der Waals surface area contributed by atoms with Gasteiger partial charge < -0.3 is 10.8 Å². The average Bonchev–Trinajstić information content (AvgIpc) is 2.75. The highest BCUT2D eigenvalue weighted by Crippen LogP contribution is 2.50. The van der Waals surface area contributed by atoms with E-state index < -0.39 is 12.0 Å². The first-order valence-electron chi connectivity index (χ1n) is 9.48. The highest BCUT2D eigenvalue weighted by atomic mass is 32.2. The van der Waals surface area contributed by atoms with E-state index >= 15 is 0 Å². The number of benzene rings is 2. The summed E-state index contributed by atoms with van der Waals surface area (Å²) in [6.07, 6.45) is 3.64. The van der Waals surface area contributed by atoms with Gasteiger partial charge in [-0.3, -0.25) is 9.69 Å². The lowest BCUT2D eigenvalue weighted by atomic mass is 9.84. The zero-order valence-corrected chi connectivity index (χ0v) is 16.8. The Hall–Kier alpha value is -2.83. The SMILES string of the molecule is C/C=C\C1=C(C(=O)O)N2C(=O)[C@@H](N)[C@H]2SC1C(c1ccccc1)c1ccccc1. The van der Waals surface area contributed by atoms with Gasteiger partial charge in [0, 0.05) is 11.2 Å². The quantitative estimate of drug-likeness (QED) is 0.744. The number of hydrogen-bond acceptors (Lipinski definition) is 4. The van der Waals surface area contributed by atoms with Crippen molar-refractivity contribution in [3.8, 4) is 0 Å². The van der Waals surface area contributed by atoms with Crippen molar-refractivity contribution < 1.29 is 14.7 Å². The molecular weight excluding hydrogens is 384 g/mol. The number of fused-ring (bicyclic) bond motifs is 1. The van der Waals surface area contributed by atoms with Gasteiger partial charge in [0.2, 0.25) is 5.91 Å². The van der Waals surface area contributed by atoms with Gasteiger partial charge in [-0.25, -0.2) is 4.79 Å². The van der Waals surface area contributed by atoms with E-state index in [0.717, 1.165) is 11.1 Å². The Morgan fingerprint density at radius 3 is 2.14 bits per heavy atom. The van der Waals surface area contributed by atoms with E-state index in [1.165, 1.54) is 4.90 Å². The maximum Gasteiger partial charge on any atom is 0.352 e. The van der Waals surface area contributed by atoms with Crippen molar-refractivity contribution >= 4 is 23.6 Å². The normalized spacial score (nSPS) is 24.0. The van der Waals surface area contributed by atoms with E-state index in [4.69, 9.17) is 5.73 Å². The number of carbonyl (C=O) groups is 2. The van der Waals surface area contributed by atoms with Crippen molar-refractivity contribution in [3.63, 3.8) is 0 Å². The van der Waals surface area contributed by atoms with E-state index in [2.05, 4.69) is 24.3 Å². The van der Waals surface area contributed by atoms with Gasteiger partial charge in [-0.15, -0.1) is 11.8 Å². The van der Waals surface area contributed by atoms with Gasteiger partial charge in [-0.2, -0.15) is 0 Å². The predicted octanol–water partition coefficient (Wildman–Crippen LogP) is 3.34. The Morgan fingerprint density at radius 1 is 1.10 bits per heavy atom. The number of aliphatic carboxylic acids is 1. The summed E-state index contributed by atoms with van der Waals surface area (Å²) in [5.74, 6) is -1.52. The Kier molecular flexibility index (Phi) is 5.30. The lowest BCUT2D eigenvalue weighted by Gasteiger charge is -2.51. The highest BCUT2D eigenvalue weighted by Gasteiger charge is 2.55. The Bertz CT molecular complexity index is 948. The van der Waals surface area contributed by atoms with Crippen LogP contribution in [0.15, 0.2) is 84.1 Å². The summed E-state index contributed by atoms with van der Waals surface area (Å²) in [6.45, 7) is 1.85. The van der Waals surface area contributed by atoms with E-state index in [1.807, 2.05) is 55.5 Å². The number of hydrogen-bond donors (Lipinski definition) is 2. The lowest BCUT2D eigenvalue weighted by Crippen LogP contribution is -2.69. The van der Waals surface area contributed by atoms with Gasteiger partial charge in [-0.1, -0.05) is 72.8 Å². The Labute approximate surface area is 173 Å². The summed E-state index contributed by atoms with van der Waals surface area (Å²) in [5.41, 5.74) is 8.92. The third kappa shape index (κ3) is 3.28. The Balaban J connectivity index is 1.92. The molecule has 2 aromatic rings. The maximum atomic E-state index is 12.3. The standard InChI is InChI=1S/C23H22N2O3S/c1-2-9-16-19(23(27)28)25-21(26)18(24)22(25)29-20(16)17(14-10-5-3-6-11-14)15-12-7-4-8-13-15/h2-13,17-18,20,22H,24H2,1H3,(H,27,28)/b9-2-/t18-,20?,22-/m1/s1. The molecule has 0 spiro atoms. The number of carboxylic acids is 1. The topological polar surface area (TPSA) is 83.6 Å². The van der Waals surface area contributed by atoms with Gasteiger partial charge in [0.05, 0.1) is 0 Å². The minimum Gasteiger partial charge on any atom is -0.477 e. The second-order valence-electron chi connectivity index (χ2n) is 7.09. The summed E-state index contributed by atoms with van der Waals surface area (Å²) in [6, 6.07) is 19.4. The molecule has 6 heteroatoms. The molecule has 0 bridgehead atoms. The molecule has 148 valence electrons. The van der Waals surface area contributed by atoms with Crippen molar-refractivity contribution in [1.29, 1.82) is 0 Å². The number of β-lactam (4-membered cyclic amide) rings is 1. The van der Waals surface area contributed by atoms with Crippen LogP contribution in [0.4, 0.5) is 0 Å². The fraction of sp³-hybridized carbons (Fsp3) is 0.217. The molecule has 1 fully saturated rings. The smallest absolute Gasteiger partial charge is 0.352 e. The van der Waals surface area contributed by atoms with Crippen LogP contribution in [-0.4, -0.2) is 38.5 Å². The second-order valence-corrected chi connectivity index (χ2v) is 8.35. The van der Waals surface area contributed by atoms with Crippen LogP contribution < -0.4 is 5.73 Å². The molecule has 2 heterocycles. The first kappa shape index (κ1) is 19.5. The van der Waals surface area contributed by atoms with Gasteiger partial charge in [0.1, 0.15) is 17.1 Å². The molecule has 1 amide bonds. The van der Waals surface area contributed by atoms with Crippen LogP contribution in [0.5, 0.6) is 0 Å². The van der Waals surface area contributed by atoms with Crippen LogP contribution in [0.25, 0.3) is 0 Å². The fourth-order valence-corrected chi connectivity index (χ4v) is 5.79. The number of allylic oxidation sites excluding steroid dienone is 2. The lowest BCUT2D eigenvalue weighted by molar-refractivity contribution is -0.148. The van der Waals surface area contributed by atoms with E-state index in [9.17, 15) is 14.7 Å². The Morgan fingerprint density at radius 2 is 1.66 bits per heavy atom. The largest absolute Gasteiger partial charge is 0.477 e. The van der Waals surface area contributed by atoms with E-state index in [0.29, 0.717) is 5.57 Å². The zero-order valence-electron chi connectivity index (χ0n) is 15.9. The van der Waals surface area contributed by atoms with Gasteiger partial charge in [-0.05, 0) is 23.6 Å². The van der Waals surface area contributed by atoms with Crippen LogP contribution in [0.1, 0.15) is 24.0 Å². The number of carboxylic acid groups (broad SMARTS) is 1. The average molecular weight is 407 g/mol. The molecule has 4 rings (SSSR count). The summed E-state index contributed by atoms with van der Waals surface area (Å²) >= 11 is 1.57. The van der Waals surface area contributed by atoms with Crippen molar-refractivity contribution in [1.82, 2.24) is 4.90 Å². The molecule has 1 saturated heterocycles. The minimum atomic E-state index is -1.10. The van der Waals surface area contributed by atoms with Crippen molar-refractivity contribution in [2.24, 2.45) is 5.73 Å². The molecule has 0 aromatic heterocycles. The van der Waals surface area contributed by atoms with Crippen LogP contribution in [0.2, 0.25) is 0 Å². The molecule has 2 aliphatic heterocycles. The zero-order chi connectivity index (χ0) is 20.5. The van der Waals surface area contributed by atoms with Crippen molar-refractivity contribution in [2.45, 2.75) is 29.5 Å². The molecule has 3 atom stereocenters. The minimum absolute atomic E-state index is 0.0420. The summed E-state index contributed by atoms with van der Waals surface area (Å²) in [5, 5.41) is 9.40. The van der Waals surface area contributed by atoms with Gasteiger partial charge in [0.15, 0.2) is 0 Å². The molecule has 1 unspecified atom stereocenters. The number of amides is 1. The van der Waals surface area contributed by atoms with E-state index in [-0.39, 0.29) is 28.1 Å². The van der Waals surface area contributed by atoms with Crippen LogP contribution in [-0.2, 0) is 9.59 Å². The number of nitrogens with two attached hydrogens (primary N) is 1. The van der Waals surface area contributed by atoms with Crippen molar-refractivity contribution in [2.75, 3.05) is 0 Å². The summed E-state index contributed by atoms with van der Waals surface area (Å²) in [7, 11) is 0. The van der Waals surface area contributed by atoms with Crippen LogP contribution >= 0.6 is 11.8 Å². The second kappa shape index (κ2) is 7.89. The maximum absolute atomic E-state index is 12.3. The van der Waals surface area contributed by atoms with Crippen LogP contribution in [0, 0.1) is 0 Å². The predicted molar refractivity (Wildman–Crippen MR) is 114 cm³/mol. The molecule has 2 aromatic carbocycles. The molecule has 0 aliphatic carbocycles.